The van der Waals surface area contributed by atoms with E-state index in [2.05, 4.69) is 9.72 Å². The van der Waals surface area contributed by atoms with Gasteiger partial charge in [0.25, 0.3) is 5.78 Å². The number of carbonyl (C=O) groups excluding carboxylic acids is 2. The van der Waals surface area contributed by atoms with E-state index in [-0.39, 0.29) is 36.2 Å². The molecular formula is C11H9ClLiNO4. The maximum absolute atomic E-state index is 11.6. The summed E-state index contributed by atoms with van der Waals surface area (Å²) in [5, 5.41) is 11.6. The van der Waals surface area contributed by atoms with Crippen LogP contribution in [0.1, 0.15) is 12.5 Å². The molecule has 0 aliphatic heterocycles. The van der Waals surface area contributed by atoms with Crippen molar-refractivity contribution in [3.05, 3.63) is 35.1 Å². The average molecular weight is 262 g/mol. The Balaban J connectivity index is 0.00000289. The Morgan fingerprint density at radius 3 is 2.78 bits per heavy atom. The summed E-state index contributed by atoms with van der Waals surface area (Å²) in [6.45, 7) is 1.63. The molecular weight excluding hydrogens is 253 g/mol. The third-order valence-corrected chi connectivity index (χ3v) is 2.06. The van der Waals surface area contributed by atoms with E-state index >= 15 is 0 Å². The normalized spacial score (nSPS) is 10.4. The molecule has 0 N–H and O–H groups in total. The Kier molecular flexibility index (Phi) is 7.37. The number of hydrogen-bond acceptors (Lipinski definition) is 5. The molecule has 0 saturated heterocycles. The monoisotopic (exact) mass is 261 g/mol. The zero-order valence-corrected chi connectivity index (χ0v) is 10.7. The molecule has 18 heavy (non-hydrogen) atoms. The predicted octanol–water partition coefficient (Wildman–Crippen LogP) is -2.43. The van der Waals surface area contributed by atoms with E-state index in [1.54, 1.807) is 6.92 Å². The van der Waals surface area contributed by atoms with Crippen molar-refractivity contribution in [2.45, 2.75) is 6.92 Å². The molecule has 1 aromatic rings. The molecule has 7 heteroatoms. The quantitative estimate of drug-likeness (QED) is 0.150. The minimum Gasteiger partial charge on any atom is -0.872 e. The zero-order valence-electron chi connectivity index (χ0n) is 9.97. The van der Waals surface area contributed by atoms with Crippen molar-refractivity contribution in [2.75, 3.05) is 6.61 Å². The molecule has 0 bridgehead atoms. The summed E-state index contributed by atoms with van der Waals surface area (Å²) in [5.74, 6) is -2.77. The summed E-state index contributed by atoms with van der Waals surface area (Å²) in [7, 11) is 0. The van der Waals surface area contributed by atoms with Crippen LogP contribution >= 0.6 is 11.6 Å². The zero-order chi connectivity index (χ0) is 12.8. The first-order valence-corrected chi connectivity index (χ1v) is 5.14. The number of pyridine rings is 1. The number of rotatable bonds is 4. The summed E-state index contributed by atoms with van der Waals surface area (Å²) in [5.41, 5.74) is 0.0619. The number of carbonyl (C=O) groups is 2. The van der Waals surface area contributed by atoms with Crippen LogP contribution in [0.4, 0.5) is 0 Å². The van der Waals surface area contributed by atoms with Crippen molar-refractivity contribution < 1.29 is 38.3 Å². The van der Waals surface area contributed by atoms with Crippen molar-refractivity contribution in [1.82, 2.24) is 4.98 Å². The van der Waals surface area contributed by atoms with Gasteiger partial charge in [0.1, 0.15) is 5.15 Å². The molecule has 90 valence electrons. The van der Waals surface area contributed by atoms with Gasteiger partial charge >= 0.3 is 24.8 Å². The molecule has 0 fully saturated rings. The van der Waals surface area contributed by atoms with E-state index in [0.29, 0.717) is 6.08 Å². The molecule has 0 aromatic carbocycles. The number of esters is 1. The van der Waals surface area contributed by atoms with Crippen LogP contribution in [0.3, 0.4) is 0 Å². The Morgan fingerprint density at radius 2 is 2.22 bits per heavy atom. The first kappa shape index (κ1) is 16.7. The summed E-state index contributed by atoms with van der Waals surface area (Å²) in [4.78, 5) is 25.9. The molecule has 1 rings (SSSR count). The average Bonchev–Trinajstić information content (AvgIpc) is 2.29. The SMILES string of the molecule is CCOC(=O)C(=O)C=C([O-])c1cccnc1Cl.[Li+]. The van der Waals surface area contributed by atoms with Crippen LogP contribution in [0, 0.1) is 0 Å². The van der Waals surface area contributed by atoms with Gasteiger partial charge < -0.3 is 9.84 Å². The first-order chi connectivity index (χ1) is 8.06. The number of ketones is 1. The van der Waals surface area contributed by atoms with Crippen molar-refractivity contribution >= 4 is 29.1 Å². The molecule has 0 amide bonds. The van der Waals surface area contributed by atoms with E-state index in [0.717, 1.165) is 0 Å². The van der Waals surface area contributed by atoms with Gasteiger partial charge in [0.15, 0.2) is 0 Å². The number of hydrogen-bond donors (Lipinski definition) is 0. The summed E-state index contributed by atoms with van der Waals surface area (Å²) >= 11 is 5.66. The van der Waals surface area contributed by atoms with Crippen LogP contribution < -0.4 is 24.0 Å². The van der Waals surface area contributed by atoms with E-state index in [4.69, 9.17) is 11.6 Å². The number of halogens is 1. The number of nitrogens with zero attached hydrogens (tertiary/aromatic N) is 1. The molecule has 1 heterocycles. The van der Waals surface area contributed by atoms with Gasteiger partial charge in [-0.3, -0.25) is 4.79 Å². The fraction of sp³-hybridized carbons (Fsp3) is 0.182. The summed E-state index contributed by atoms with van der Waals surface area (Å²) in [6.07, 6.45) is 2.05. The maximum Gasteiger partial charge on any atom is 1.00 e. The van der Waals surface area contributed by atoms with Crippen LogP contribution in [0.2, 0.25) is 5.15 Å². The smallest absolute Gasteiger partial charge is 0.872 e. The van der Waals surface area contributed by atoms with Crippen LogP contribution in [0.5, 0.6) is 0 Å². The standard InChI is InChI=1S/C11H10ClNO4.Li/c1-2-17-11(16)9(15)6-8(14)7-4-3-5-13-10(7)12;/h3-6,14H,2H2,1H3;/q;+1/p-1. The van der Waals surface area contributed by atoms with Gasteiger partial charge in [-0.1, -0.05) is 23.4 Å². The topological polar surface area (TPSA) is 79.3 Å². The Bertz CT molecular complexity index is 476. The first-order valence-electron chi connectivity index (χ1n) is 4.77. The van der Waals surface area contributed by atoms with Gasteiger partial charge in [0.05, 0.1) is 6.61 Å². The van der Waals surface area contributed by atoms with E-state index in [1.807, 2.05) is 0 Å². The van der Waals surface area contributed by atoms with Gasteiger partial charge in [-0.05, 0) is 19.1 Å². The molecule has 0 radical (unpaired) electrons. The maximum atomic E-state index is 11.6. The van der Waals surface area contributed by atoms with Crippen LogP contribution in [-0.2, 0) is 14.3 Å². The second kappa shape index (κ2) is 7.93. The van der Waals surface area contributed by atoms with Crippen LogP contribution in [0.25, 0.3) is 5.76 Å². The van der Waals surface area contributed by atoms with Gasteiger partial charge in [0.2, 0.25) is 0 Å². The van der Waals surface area contributed by atoms with E-state index in [9.17, 15) is 14.7 Å². The Labute approximate surface area is 121 Å². The summed E-state index contributed by atoms with van der Waals surface area (Å²) in [6, 6.07) is 2.91. The second-order valence-corrected chi connectivity index (χ2v) is 3.29. The molecule has 0 spiro atoms. The van der Waals surface area contributed by atoms with E-state index in [1.165, 1.54) is 18.3 Å². The van der Waals surface area contributed by atoms with Crippen molar-refractivity contribution in [3.8, 4) is 0 Å². The van der Waals surface area contributed by atoms with Crippen molar-refractivity contribution in [1.29, 1.82) is 0 Å². The number of aromatic nitrogens is 1. The minimum absolute atomic E-state index is 0. The fourth-order valence-electron chi connectivity index (χ4n) is 1.03. The molecule has 0 saturated carbocycles. The van der Waals surface area contributed by atoms with E-state index < -0.39 is 17.5 Å². The minimum atomic E-state index is -1.07. The Morgan fingerprint density at radius 1 is 1.56 bits per heavy atom. The Hall–Kier alpha value is -1.28. The van der Waals surface area contributed by atoms with Crippen LogP contribution in [0.15, 0.2) is 24.4 Å². The third kappa shape index (κ3) is 4.53. The third-order valence-electron chi connectivity index (χ3n) is 1.76. The van der Waals surface area contributed by atoms with Crippen molar-refractivity contribution in [2.24, 2.45) is 0 Å². The fourth-order valence-corrected chi connectivity index (χ4v) is 1.24. The van der Waals surface area contributed by atoms with Gasteiger partial charge in [-0.15, -0.1) is 0 Å². The molecule has 0 aliphatic rings. The van der Waals surface area contributed by atoms with Gasteiger partial charge in [-0.25, -0.2) is 9.78 Å². The molecule has 0 aliphatic carbocycles. The molecule has 0 unspecified atom stereocenters. The molecule has 5 nitrogen and oxygen atoms in total. The van der Waals surface area contributed by atoms with Crippen LogP contribution in [-0.4, -0.2) is 23.3 Å². The summed E-state index contributed by atoms with van der Waals surface area (Å²) < 4.78 is 4.45. The second-order valence-electron chi connectivity index (χ2n) is 2.94. The van der Waals surface area contributed by atoms with Gasteiger partial charge in [0, 0.05) is 11.8 Å². The predicted molar refractivity (Wildman–Crippen MR) is 58.9 cm³/mol. The molecule has 1 aromatic heterocycles. The van der Waals surface area contributed by atoms with Gasteiger partial charge in [-0.2, -0.15) is 0 Å². The largest absolute Gasteiger partial charge is 1.00 e. The van der Waals surface area contributed by atoms with Crippen molar-refractivity contribution in [3.63, 3.8) is 0 Å². The number of ether oxygens (including phenoxy) is 1. The molecule has 0 atom stereocenters.